The van der Waals surface area contributed by atoms with E-state index < -0.39 is 0 Å². The first-order valence-corrected chi connectivity index (χ1v) is 9.40. The Morgan fingerprint density at radius 2 is 1.79 bits per heavy atom. The minimum Gasteiger partial charge on any atom is -0.497 e. The van der Waals surface area contributed by atoms with Crippen LogP contribution in [-0.4, -0.2) is 39.4 Å². The summed E-state index contributed by atoms with van der Waals surface area (Å²) in [7, 11) is 1.58. The van der Waals surface area contributed by atoms with Crippen molar-refractivity contribution in [1.29, 1.82) is 0 Å². The Hall–Kier alpha value is -3.46. The summed E-state index contributed by atoms with van der Waals surface area (Å²) in [5.41, 5.74) is 1.37. The van der Waals surface area contributed by atoms with Crippen molar-refractivity contribution < 1.29 is 14.3 Å². The van der Waals surface area contributed by atoms with E-state index in [0.717, 1.165) is 11.3 Å². The van der Waals surface area contributed by atoms with Gasteiger partial charge in [0.25, 0.3) is 5.91 Å². The third-order valence-corrected chi connectivity index (χ3v) is 4.80. The molecule has 8 nitrogen and oxygen atoms in total. The van der Waals surface area contributed by atoms with E-state index in [1.807, 2.05) is 31.2 Å². The fourth-order valence-corrected chi connectivity index (χ4v) is 3.36. The van der Waals surface area contributed by atoms with Crippen LogP contribution < -0.4 is 14.8 Å². The zero-order valence-electron chi connectivity index (χ0n) is 15.2. The molecule has 0 aliphatic rings. The summed E-state index contributed by atoms with van der Waals surface area (Å²) in [6, 6.07) is 14.4. The Morgan fingerprint density at radius 3 is 2.46 bits per heavy atom. The molecule has 4 rings (SSSR count). The largest absolute Gasteiger partial charge is 0.497 e. The molecule has 4 aromatic rings. The summed E-state index contributed by atoms with van der Waals surface area (Å²) < 4.78 is 12.2. The molecule has 2 aromatic heterocycles. The molecular formula is C19H17N5O3S. The van der Waals surface area contributed by atoms with Gasteiger partial charge < -0.3 is 9.47 Å². The number of benzene rings is 2. The number of carbonyl (C=O) groups excluding carboxylic acids is 1. The molecule has 0 radical (unpaired) electrons. The number of aromatic nitrogens is 4. The molecular weight excluding hydrogens is 378 g/mol. The standard InChI is InChI=1S/C19H17N5O3S/c1-3-27-15-10-4-12(5-11-15)16-21-22-19-24(16)23-18(28-19)20-17(25)13-6-8-14(26-2)9-7-13/h4-11H,3H2,1-2H3,(H,20,23,25). The summed E-state index contributed by atoms with van der Waals surface area (Å²) in [4.78, 5) is 13.0. The van der Waals surface area contributed by atoms with Gasteiger partial charge in [-0.1, -0.05) is 11.3 Å². The van der Waals surface area contributed by atoms with Gasteiger partial charge in [-0.25, -0.2) is 0 Å². The molecule has 0 saturated heterocycles. The first kappa shape index (κ1) is 17.9. The van der Waals surface area contributed by atoms with Gasteiger partial charge in [-0.05, 0) is 55.5 Å². The Balaban J connectivity index is 1.56. The van der Waals surface area contributed by atoms with Crippen LogP contribution in [0.25, 0.3) is 16.3 Å². The summed E-state index contributed by atoms with van der Waals surface area (Å²) in [6.07, 6.45) is 0. The molecule has 9 heteroatoms. The lowest BCUT2D eigenvalue weighted by atomic mass is 10.2. The van der Waals surface area contributed by atoms with Crippen molar-refractivity contribution in [1.82, 2.24) is 19.8 Å². The monoisotopic (exact) mass is 395 g/mol. The predicted octanol–water partition coefficient (Wildman–Crippen LogP) is 3.51. The van der Waals surface area contributed by atoms with E-state index in [9.17, 15) is 4.79 Å². The molecule has 142 valence electrons. The second-order valence-electron chi connectivity index (χ2n) is 5.77. The molecule has 2 heterocycles. The fraction of sp³-hybridized carbons (Fsp3) is 0.158. The smallest absolute Gasteiger partial charge is 0.257 e. The predicted molar refractivity (Wildman–Crippen MR) is 106 cm³/mol. The Bertz CT molecular complexity index is 1100. The van der Waals surface area contributed by atoms with Crippen LogP contribution in [0, 0.1) is 0 Å². The highest BCUT2D eigenvalue weighted by Gasteiger charge is 2.15. The number of carbonyl (C=O) groups is 1. The van der Waals surface area contributed by atoms with Crippen molar-refractivity contribution in [3.63, 3.8) is 0 Å². The minimum atomic E-state index is -0.254. The van der Waals surface area contributed by atoms with Crippen LogP contribution in [0.2, 0.25) is 0 Å². The second kappa shape index (κ2) is 7.65. The SMILES string of the molecule is CCOc1ccc(-c2nnc3sc(NC(=O)c4ccc(OC)cc4)nn23)cc1. The molecule has 0 atom stereocenters. The van der Waals surface area contributed by atoms with Crippen LogP contribution in [-0.2, 0) is 0 Å². The van der Waals surface area contributed by atoms with Gasteiger partial charge in [0.05, 0.1) is 13.7 Å². The van der Waals surface area contributed by atoms with E-state index in [0.29, 0.717) is 33.8 Å². The molecule has 0 bridgehead atoms. The molecule has 28 heavy (non-hydrogen) atoms. The van der Waals surface area contributed by atoms with Crippen molar-refractivity contribution in [2.24, 2.45) is 0 Å². The zero-order valence-corrected chi connectivity index (χ0v) is 16.1. The molecule has 0 saturated carbocycles. The van der Waals surface area contributed by atoms with Gasteiger partial charge in [0.2, 0.25) is 10.1 Å². The summed E-state index contributed by atoms with van der Waals surface area (Å²) in [5.74, 6) is 1.82. The van der Waals surface area contributed by atoms with E-state index >= 15 is 0 Å². The number of ether oxygens (including phenoxy) is 2. The van der Waals surface area contributed by atoms with Crippen molar-refractivity contribution >= 4 is 27.3 Å². The first-order chi connectivity index (χ1) is 13.7. The van der Waals surface area contributed by atoms with E-state index in [4.69, 9.17) is 9.47 Å². The van der Waals surface area contributed by atoms with Crippen molar-refractivity contribution in [2.45, 2.75) is 6.92 Å². The van der Waals surface area contributed by atoms with Crippen molar-refractivity contribution in [3.05, 3.63) is 54.1 Å². The molecule has 0 fully saturated rings. The zero-order chi connectivity index (χ0) is 19.5. The lowest BCUT2D eigenvalue weighted by Crippen LogP contribution is -2.11. The van der Waals surface area contributed by atoms with Gasteiger partial charge in [0.15, 0.2) is 5.82 Å². The van der Waals surface area contributed by atoms with Gasteiger partial charge in [0, 0.05) is 11.1 Å². The molecule has 0 aliphatic carbocycles. The van der Waals surface area contributed by atoms with Crippen LogP contribution >= 0.6 is 11.3 Å². The van der Waals surface area contributed by atoms with Crippen molar-refractivity contribution in [3.8, 4) is 22.9 Å². The number of rotatable bonds is 6. The number of anilines is 1. The summed E-state index contributed by atoms with van der Waals surface area (Å²) in [5, 5.41) is 16.0. The van der Waals surface area contributed by atoms with E-state index in [2.05, 4.69) is 20.6 Å². The molecule has 0 unspecified atom stereocenters. The molecule has 0 spiro atoms. The van der Waals surface area contributed by atoms with Gasteiger partial charge in [0.1, 0.15) is 11.5 Å². The fourth-order valence-electron chi connectivity index (χ4n) is 2.63. The van der Waals surface area contributed by atoms with Gasteiger partial charge in [-0.15, -0.1) is 15.3 Å². The molecule has 1 amide bonds. The highest BCUT2D eigenvalue weighted by atomic mass is 32.1. The van der Waals surface area contributed by atoms with E-state index in [-0.39, 0.29) is 5.91 Å². The third kappa shape index (κ3) is 3.52. The Morgan fingerprint density at radius 1 is 1.07 bits per heavy atom. The van der Waals surface area contributed by atoms with Gasteiger partial charge in [-0.2, -0.15) is 4.52 Å². The van der Waals surface area contributed by atoms with Crippen LogP contribution in [0.5, 0.6) is 11.5 Å². The van der Waals surface area contributed by atoms with Crippen LogP contribution in [0.4, 0.5) is 5.13 Å². The molecule has 0 aliphatic heterocycles. The maximum Gasteiger partial charge on any atom is 0.257 e. The minimum absolute atomic E-state index is 0.254. The number of amides is 1. The van der Waals surface area contributed by atoms with Gasteiger partial charge in [-0.3, -0.25) is 10.1 Å². The summed E-state index contributed by atoms with van der Waals surface area (Å²) >= 11 is 1.25. The van der Waals surface area contributed by atoms with Gasteiger partial charge >= 0.3 is 0 Å². The van der Waals surface area contributed by atoms with Crippen LogP contribution in [0.15, 0.2) is 48.5 Å². The number of nitrogens with zero attached hydrogens (tertiary/aromatic N) is 4. The molecule has 2 aromatic carbocycles. The lowest BCUT2D eigenvalue weighted by Gasteiger charge is -2.03. The first-order valence-electron chi connectivity index (χ1n) is 8.59. The van der Waals surface area contributed by atoms with Crippen LogP contribution in [0.3, 0.4) is 0 Å². The number of nitrogens with one attached hydrogen (secondary N) is 1. The topological polar surface area (TPSA) is 90.6 Å². The number of hydrogen-bond donors (Lipinski definition) is 1. The van der Waals surface area contributed by atoms with E-state index in [1.54, 1.807) is 35.9 Å². The second-order valence-corrected chi connectivity index (χ2v) is 6.72. The summed E-state index contributed by atoms with van der Waals surface area (Å²) in [6.45, 7) is 2.55. The van der Waals surface area contributed by atoms with Crippen molar-refractivity contribution in [2.75, 3.05) is 19.0 Å². The Labute approximate surface area is 164 Å². The quantitative estimate of drug-likeness (QED) is 0.537. The molecule has 1 N–H and O–H groups in total. The number of fused-ring (bicyclic) bond motifs is 1. The number of methoxy groups -OCH3 is 1. The maximum absolute atomic E-state index is 12.4. The Kier molecular flexibility index (Phi) is 4.90. The lowest BCUT2D eigenvalue weighted by molar-refractivity contribution is 0.102. The average Bonchev–Trinajstić information content (AvgIpc) is 3.29. The normalized spacial score (nSPS) is 10.8. The average molecular weight is 395 g/mol. The third-order valence-electron chi connectivity index (χ3n) is 3.99. The number of hydrogen-bond acceptors (Lipinski definition) is 7. The van der Waals surface area contributed by atoms with E-state index in [1.165, 1.54) is 11.3 Å². The van der Waals surface area contributed by atoms with Crippen LogP contribution in [0.1, 0.15) is 17.3 Å². The highest BCUT2D eigenvalue weighted by molar-refractivity contribution is 7.20. The highest BCUT2D eigenvalue weighted by Crippen LogP contribution is 2.26. The maximum atomic E-state index is 12.4.